The molecule has 0 N–H and O–H groups in total. The summed E-state index contributed by atoms with van der Waals surface area (Å²) in [6, 6.07) is 7.52. The van der Waals surface area contributed by atoms with Crippen LogP contribution in [0.5, 0.6) is 5.75 Å². The van der Waals surface area contributed by atoms with Crippen molar-refractivity contribution in [2.45, 2.75) is 19.8 Å². The zero-order chi connectivity index (χ0) is 11.4. The molecule has 0 atom stereocenters. The Balaban J connectivity index is 2.19. The van der Waals surface area contributed by atoms with Crippen molar-refractivity contribution in [1.29, 1.82) is 5.26 Å². The van der Waals surface area contributed by atoms with E-state index < -0.39 is 0 Å². The molecule has 1 heterocycles. The highest BCUT2D eigenvalue weighted by Gasteiger charge is 2.05. The predicted molar refractivity (Wildman–Crippen MR) is 59.1 cm³/mol. The van der Waals surface area contributed by atoms with Crippen LogP contribution < -0.4 is 4.74 Å². The molecule has 16 heavy (non-hydrogen) atoms. The molecule has 2 aromatic rings. The Labute approximate surface area is 93.5 Å². The van der Waals surface area contributed by atoms with E-state index in [2.05, 4.69) is 4.98 Å². The monoisotopic (exact) mass is 216 g/mol. The molecule has 0 aliphatic carbocycles. The van der Waals surface area contributed by atoms with Gasteiger partial charge in [0, 0.05) is 12.5 Å². The van der Waals surface area contributed by atoms with Crippen LogP contribution in [-0.4, -0.2) is 11.6 Å². The summed E-state index contributed by atoms with van der Waals surface area (Å²) in [5, 5.41) is 8.39. The Kier molecular flexibility index (Phi) is 3.06. The maximum atomic E-state index is 8.39. The highest BCUT2D eigenvalue weighted by atomic mass is 16.5. The van der Waals surface area contributed by atoms with Gasteiger partial charge >= 0.3 is 0 Å². The summed E-state index contributed by atoms with van der Waals surface area (Å²) in [6.07, 6.45) is 1.16. The Morgan fingerprint density at radius 1 is 1.50 bits per heavy atom. The van der Waals surface area contributed by atoms with Gasteiger partial charge in [0.2, 0.25) is 0 Å². The van der Waals surface area contributed by atoms with Gasteiger partial charge in [0.25, 0.3) is 0 Å². The second-order valence-corrected chi connectivity index (χ2v) is 3.35. The van der Waals surface area contributed by atoms with Crippen LogP contribution in [0, 0.1) is 11.3 Å². The minimum atomic E-state index is 0.386. The lowest BCUT2D eigenvalue weighted by molar-refractivity contribution is 0.327. The van der Waals surface area contributed by atoms with Crippen molar-refractivity contribution in [3.8, 4) is 11.8 Å². The van der Waals surface area contributed by atoms with E-state index in [0.717, 1.165) is 29.2 Å². The number of nitriles is 1. The second kappa shape index (κ2) is 4.67. The smallest absolute Gasteiger partial charge is 0.195 e. The van der Waals surface area contributed by atoms with E-state index >= 15 is 0 Å². The molecule has 0 saturated carbocycles. The van der Waals surface area contributed by atoms with Gasteiger partial charge in [-0.15, -0.1) is 0 Å². The molecule has 4 nitrogen and oxygen atoms in total. The van der Waals surface area contributed by atoms with Crippen molar-refractivity contribution < 1.29 is 9.15 Å². The van der Waals surface area contributed by atoms with Crippen LogP contribution in [0.15, 0.2) is 22.6 Å². The number of hydrogen-bond acceptors (Lipinski definition) is 4. The molecule has 2 rings (SSSR count). The van der Waals surface area contributed by atoms with E-state index in [9.17, 15) is 0 Å². The summed E-state index contributed by atoms with van der Waals surface area (Å²) in [7, 11) is 0. The fourth-order valence-corrected chi connectivity index (χ4v) is 1.41. The first kappa shape index (κ1) is 10.5. The summed E-state index contributed by atoms with van der Waals surface area (Å²) < 4.78 is 10.9. The Morgan fingerprint density at radius 3 is 3.12 bits per heavy atom. The third-order valence-corrected chi connectivity index (χ3v) is 2.19. The molecule has 1 aromatic heterocycles. The van der Waals surface area contributed by atoms with Gasteiger partial charge in [-0.1, -0.05) is 6.92 Å². The van der Waals surface area contributed by atoms with Crippen molar-refractivity contribution >= 4 is 11.1 Å². The van der Waals surface area contributed by atoms with Crippen LogP contribution in [-0.2, 0) is 6.42 Å². The van der Waals surface area contributed by atoms with E-state index in [1.54, 1.807) is 0 Å². The van der Waals surface area contributed by atoms with Gasteiger partial charge in [-0.3, -0.25) is 0 Å². The summed E-state index contributed by atoms with van der Waals surface area (Å²) in [6.45, 7) is 2.40. The molecule has 0 radical (unpaired) electrons. The predicted octanol–water partition coefficient (Wildman–Crippen LogP) is 2.68. The highest BCUT2D eigenvalue weighted by molar-refractivity contribution is 5.74. The summed E-state index contributed by atoms with van der Waals surface area (Å²) in [5.74, 6) is 1.45. The summed E-state index contributed by atoms with van der Waals surface area (Å²) >= 11 is 0. The Bertz CT molecular complexity index is 525. The number of oxazole rings is 1. The van der Waals surface area contributed by atoms with Crippen molar-refractivity contribution in [2.24, 2.45) is 0 Å². The van der Waals surface area contributed by atoms with Gasteiger partial charge in [-0.05, 0) is 12.1 Å². The molecule has 0 aliphatic rings. The lowest BCUT2D eigenvalue weighted by Crippen LogP contribution is -1.95. The van der Waals surface area contributed by atoms with Crippen LogP contribution in [0.25, 0.3) is 11.1 Å². The molecule has 0 amide bonds. The molecular weight excluding hydrogens is 204 g/mol. The average molecular weight is 216 g/mol. The van der Waals surface area contributed by atoms with Gasteiger partial charge in [0.1, 0.15) is 17.9 Å². The summed E-state index contributed by atoms with van der Waals surface area (Å²) in [4.78, 5) is 4.31. The first-order valence-electron chi connectivity index (χ1n) is 5.22. The van der Waals surface area contributed by atoms with Gasteiger partial charge in [0.15, 0.2) is 11.5 Å². The molecule has 82 valence electrons. The highest BCUT2D eigenvalue weighted by Crippen LogP contribution is 2.21. The number of rotatable bonds is 4. The minimum absolute atomic E-state index is 0.386. The number of nitrogens with zero attached hydrogens (tertiary/aromatic N) is 2. The average Bonchev–Trinajstić information content (AvgIpc) is 2.71. The van der Waals surface area contributed by atoms with Crippen LogP contribution >= 0.6 is 0 Å². The maximum Gasteiger partial charge on any atom is 0.195 e. The lowest BCUT2D eigenvalue weighted by atomic mass is 10.3. The van der Waals surface area contributed by atoms with Crippen molar-refractivity contribution in [2.75, 3.05) is 6.61 Å². The summed E-state index contributed by atoms with van der Waals surface area (Å²) in [5.41, 5.74) is 1.57. The normalized spacial score (nSPS) is 10.2. The molecule has 0 unspecified atom stereocenters. The van der Waals surface area contributed by atoms with Gasteiger partial charge in [-0.25, -0.2) is 4.98 Å². The van der Waals surface area contributed by atoms with E-state index in [4.69, 9.17) is 14.4 Å². The Hall–Kier alpha value is -2.02. The topological polar surface area (TPSA) is 59.0 Å². The first-order valence-corrected chi connectivity index (χ1v) is 5.22. The van der Waals surface area contributed by atoms with Crippen molar-refractivity contribution in [3.63, 3.8) is 0 Å². The fourth-order valence-electron chi connectivity index (χ4n) is 1.41. The Morgan fingerprint density at radius 2 is 2.38 bits per heavy atom. The molecule has 0 fully saturated rings. The maximum absolute atomic E-state index is 8.39. The quantitative estimate of drug-likeness (QED) is 0.737. The van der Waals surface area contributed by atoms with Crippen LogP contribution in [0.4, 0.5) is 0 Å². The molecule has 1 aromatic carbocycles. The first-order chi connectivity index (χ1) is 7.83. The second-order valence-electron chi connectivity index (χ2n) is 3.35. The van der Waals surface area contributed by atoms with E-state index in [0.29, 0.717) is 13.0 Å². The minimum Gasteiger partial charge on any atom is -0.492 e. The molecule has 0 aliphatic heterocycles. The number of aromatic nitrogens is 1. The molecule has 4 heteroatoms. The zero-order valence-electron chi connectivity index (χ0n) is 9.06. The van der Waals surface area contributed by atoms with Gasteiger partial charge in [0.05, 0.1) is 12.5 Å². The van der Waals surface area contributed by atoms with E-state index in [1.165, 1.54) is 0 Å². The van der Waals surface area contributed by atoms with Crippen LogP contribution in [0.2, 0.25) is 0 Å². The third-order valence-electron chi connectivity index (χ3n) is 2.19. The SMILES string of the molecule is CCc1nc2cc(OCCC#N)ccc2o1. The van der Waals surface area contributed by atoms with Crippen LogP contribution in [0.3, 0.4) is 0 Å². The molecular formula is C12H12N2O2. The molecule has 0 bridgehead atoms. The molecule has 0 spiro atoms. The number of fused-ring (bicyclic) bond motifs is 1. The number of ether oxygens (including phenoxy) is 1. The van der Waals surface area contributed by atoms with E-state index in [1.807, 2.05) is 31.2 Å². The van der Waals surface area contributed by atoms with Gasteiger partial charge < -0.3 is 9.15 Å². The van der Waals surface area contributed by atoms with Crippen molar-refractivity contribution in [3.05, 3.63) is 24.1 Å². The third kappa shape index (κ3) is 2.14. The standard InChI is InChI=1S/C12H12N2O2/c1-2-12-14-10-8-9(15-7-3-6-13)4-5-11(10)16-12/h4-5,8H,2-3,7H2,1H3. The van der Waals surface area contributed by atoms with Crippen LogP contribution in [0.1, 0.15) is 19.2 Å². The van der Waals surface area contributed by atoms with Crippen molar-refractivity contribution in [1.82, 2.24) is 4.98 Å². The number of benzene rings is 1. The largest absolute Gasteiger partial charge is 0.492 e. The number of aryl methyl sites for hydroxylation is 1. The lowest BCUT2D eigenvalue weighted by Gasteiger charge is -2.01. The van der Waals surface area contributed by atoms with E-state index in [-0.39, 0.29) is 0 Å². The molecule has 0 saturated heterocycles. The fraction of sp³-hybridized carbons (Fsp3) is 0.333. The number of hydrogen-bond donors (Lipinski definition) is 0. The zero-order valence-corrected chi connectivity index (χ0v) is 9.06. The van der Waals surface area contributed by atoms with Gasteiger partial charge in [-0.2, -0.15) is 5.26 Å².